The maximum atomic E-state index is 6.00. The molecule has 0 amide bonds. The van der Waals surface area contributed by atoms with E-state index in [1.54, 1.807) is 7.11 Å². The lowest BCUT2D eigenvalue weighted by atomic mass is 9.97. The van der Waals surface area contributed by atoms with Crippen LogP contribution in [0.2, 0.25) is 0 Å². The molecule has 0 fully saturated rings. The first kappa shape index (κ1) is 13.5. The van der Waals surface area contributed by atoms with E-state index >= 15 is 0 Å². The Morgan fingerprint density at radius 1 is 1.33 bits per heavy atom. The molecule has 0 aromatic heterocycles. The predicted octanol–water partition coefficient (Wildman–Crippen LogP) is 2.71. The summed E-state index contributed by atoms with van der Waals surface area (Å²) in [6.07, 6.45) is 1.85. The van der Waals surface area contributed by atoms with Gasteiger partial charge in [-0.1, -0.05) is 36.4 Å². The molecule has 1 unspecified atom stereocenters. The minimum Gasteiger partial charge on any atom is -0.496 e. The first-order valence-electron chi connectivity index (χ1n) is 6.99. The summed E-state index contributed by atoms with van der Waals surface area (Å²) in [5.41, 5.74) is 7.22. The zero-order chi connectivity index (χ0) is 14.8. The molecule has 4 heteroatoms. The van der Waals surface area contributed by atoms with Gasteiger partial charge < -0.3 is 15.4 Å². The second-order valence-corrected chi connectivity index (χ2v) is 5.06. The van der Waals surface area contributed by atoms with Crippen LogP contribution in [0.25, 0.3) is 10.8 Å². The van der Waals surface area contributed by atoms with Gasteiger partial charge in [-0.2, -0.15) is 0 Å². The smallest absolute Gasteiger partial charge is 0.192 e. The van der Waals surface area contributed by atoms with E-state index in [1.165, 1.54) is 10.9 Å². The van der Waals surface area contributed by atoms with Crippen LogP contribution in [0.4, 0.5) is 0 Å². The fourth-order valence-electron chi connectivity index (χ4n) is 2.92. The number of fused-ring (bicyclic) bond motifs is 1. The zero-order valence-electron chi connectivity index (χ0n) is 12.1. The van der Waals surface area contributed by atoms with Gasteiger partial charge in [-0.15, -0.1) is 6.58 Å². The molecule has 21 heavy (non-hydrogen) atoms. The van der Waals surface area contributed by atoms with Gasteiger partial charge in [0.1, 0.15) is 5.75 Å². The van der Waals surface area contributed by atoms with Crippen LogP contribution in [0.3, 0.4) is 0 Å². The minimum absolute atomic E-state index is 0.152. The number of ether oxygens (including phenoxy) is 1. The average Bonchev–Trinajstić information content (AvgIpc) is 2.88. The van der Waals surface area contributed by atoms with Gasteiger partial charge in [0.2, 0.25) is 0 Å². The largest absolute Gasteiger partial charge is 0.496 e. The van der Waals surface area contributed by atoms with Crippen LogP contribution < -0.4 is 10.5 Å². The number of benzene rings is 2. The number of nitrogens with two attached hydrogens (primary N) is 1. The third kappa shape index (κ3) is 2.23. The first-order chi connectivity index (χ1) is 10.3. The Hall–Kier alpha value is -2.49. The summed E-state index contributed by atoms with van der Waals surface area (Å²) in [4.78, 5) is 6.47. The normalized spacial score (nSPS) is 17.9. The van der Waals surface area contributed by atoms with Crippen molar-refractivity contribution >= 4 is 16.7 Å². The Bertz CT molecular complexity index is 708. The van der Waals surface area contributed by atoms with Crippen molar-refractivity contribution in [3.05, 3.63) is 54.6 Å². The average molecular weight is 281 g/mol. The lowest BCUT2D eigenvalue weighted by Crippen LogP contribution is -2.36. The molecule has 0 aliphatic carbocycles. The van der Waals surface area contributed by atoms with Crippen LogP contribution in [0.5, 0.6) is 5.75 Å². The molecule has 2 aromatic carbocycles. The molecule has 2 N–H and O–H groups in total. The summed E-state index contributed by atoms with van der Waals surface area (Å²) in [6.45, 7) is 5.18. The van der Waals surface area contributed by atoms with Gasteiger partial charge in [-0.3, -0.25) is 4.99 Å². The molecule has 1 aliphatic rings. The van der Waals surface area contributed by atoms with E-state index in [0.29, 0.717) is 19.0 Å². The molecule has 0 saturated heterocycles. The first-order valence-corrected chi connectivity index (χ1v) is 6.99. The molecule has 0 radical (unpaired) electrons. The fraction of sp³-hybridized carbons (Fsp3) is 0.235. The Labute approximate surface area is 124 Å². The molecule has 0 spiro atoms. The third-order valence-electron chi connectivity index (χ3n) is 3.92. The molecule has 4 nitrogen and oxygen atoms in total. The van der Waals surface area contributed by atoms with E-state index in [0.717, 1.165) is 11.1 Å². The summed E-state index contributed by atoms with van der Waals surface area (Å²) >= 11 is 0. The van der Waals surface area contributed by atoms with E-state index in [1.807, 2.05) is 24.3 Å². The van der Waals surface area contributed by atoms with Crippen LogP contribution in [0.15, 0.2) is 54.0 Å². The summed E-state index contributed by atoms with van der Waals surface area (Å²) in [6, 6.07) is 12.5. The Balaban J connectivity index is 2.11. The standard InChI is InChI=1S/C17H19N3O/c1-3-10-20-15(11-19-17(20)18)13-8-9-16(21-2)14-7-5-4-6-12(13)14/h3-9,15H,1,10-11H2,2H3,(H2,18,19). The number of methoxy groups -OCH3 is 1. The number of guanidine groups is 1. The summed E-state index contributed by atoms with van der Waals surface area (Å²) in [7, 11) is 1.70. The lowest BCUT2D eigenvalue weighted by molar-refractivity contribution is 0.381. The van der Waals surface area contributed by atoms with E-state index in [2.05, 4.69) is 34.7 Å². The topological polar surface area (TPSA) is 50.8 Å². The maximum Gasteiger partial charge on any atom is 0.192 e. The number of rotatable bonds is 4. The molecule has 1 aliphatic heterocycles. The quantitative estimate of drug-likeness (QED) is 0.877. The molecule has 1 atom stereocenters. The molecule has 0 bridgehead atoms. The lowest BCUT2D eigenvalue weighted by Gasteiger charge is -2.26. The van der Waals surface area contributed by atoms with Gasteiger partial charge in [0.25, 0.3) is 0 Å². The molecular formula is C17H19N3O. The molecule has 108 valence electrons. The molecule has 1 heterocycles. The highest BCUT2D eigenvalue weighted by Gasteiger charge is 2.28. The second kappa shape index (κ2) is 5.48. The van der Waals surface area contributed by atoms with Gasteiger partial charge in [0, 0.05) is 11.9 Å². The van der Waals surface area contributed by atoms with Crippen LogP contribution in [-0.4, -0.2) is 31.1 Å². The predicted molar refractivity (Wildman–Crippen MR) is 86.6 cm³/mol. The molecule has 2 aromatic rings. The van der Waals surface area contributed by atoms with Crippen LogP contribution >= 0.6 is 0 Å². The van der Waals surface area contributed by atoms with Crippen molar-refractivity contribution in [2.75, 3.05) is 20.2 Å². The molecule has 0 saturated carbocycles. The van der Waals surface area contributed by atoms with Gasteiger partial charge in [-0.05, 0) is 17.0 Å². The van der Waals surface area contributed by atoms with Crippen molar-refractivity contribution in [1.82, 2.24) is 4.90 Å². The molecule has 3 rings (SSSR count). The number of hydrogen-bond acceptors (Lipinski definition) is 4. The van der Waals surface area contributed by atoms with Crippen molar-refractivity contribution in [3.8, 4) is 5.75 Å². The van der Waals surface area contributed by atoms with Crippen molar-refractivity contribution in [3.63, 3.8) is 0 Å². The summed E-state index contributed by atoms with van der Waals surface area (Å²) in [5.74, 6) is 1.47. The van der Waals surface area contributed by atoms with Gasteiger partial charge in [0.15, 0.2) is 5.96 Å². The van der Waals surface area contributed by atoms with E-state index in [9.17, 15) is 0 Å². The van der Waals surface area contributed by atoms with Crippen molar-refractivity contribution in [1.29, 1.82) is 0 Å². The highest BCUT2D eigenvalue weighted by Crippen LogP contribution is 2.35. The maximum absolute atomic E-state index is 6.00. The Morgan fingerprint density at radius 2 is 2.10 bits per heavy atom. The highest BCUT2D eigenvalue weighted by atomic mass is 16.5. The van der Waals surface area contributed by atoms with Gasteiger partial charge in [0.05, 0.1) is 19.7 Å². The summed E-state index contributed by atoms with van der Waals surface area (Å²) < 4.78 is 5.46. The SMILES string of the molecule is C=CCN1C(N)=NCC1c1ccc(OC)c2ccccc12. The minimum atomic E-state index is 0.152. The summed E-state index contributed by atoms with van der Waals surface area (Å²) in [5, 5.41) is 2.29. The van der Waals surface area contributed by atoms with E-state index in [-0.39, 0.29) is 6.04 Å². The van der Waals surface area contributed by atoms with E-state index < -0.39 is 0 Å². The fourth-order valence-corrected chi connectivity index (χ4v) is 2.92. The van der Waals surface area contributed by atoms with Crippen molar-refractivity contribution in [2.45, 2.75) is 6.04 Å². The van der Waals surface area contributed by atoms with E-state index in [4.69, 9.17) is 10.5 Å². The number of aliphatic imine (C=N–C) groups is 1. The van der Waals surface area contributed by atoms with Crippen LogP contribution in [-0.2, 0) is 0 Å². The second-order valence-electron chi connectivity index (χ2n) is 5.06. The monoisotopic (exact) mass is 281 g/mol. The van der Waals surface area contributed by atoms with Crippen molar-refractivity contribution in [2.24, 2.45) is 10.7 Å². The van der Waals surface area contributed by atoms with Crippen LogP contribution in [0, 0.1) is 0 Å². The van der Waals surface area contributed by atoms with Crippen LogP contribution in [0.1, 0.15) is 11.6 Å². The number of hydrogen-bond donors (Lipinski definition) is 1. The number of nitrogens with zero attached hydrogens (tertiary/aromatic N) is 2. The zero-order valence-corrected chi connectivity index (χ0v) is 12.1. The van der Waals surface area contributed by atoms with Gasteiger partial charge in [-0.25, -0.2) is 0 Å². The Morgan fingerprint density at radius 3 is 2.81 bits per heavy atom. The highest BCUT2D eigenvalue weighted by molar-refractivity contribution is 5.92. The third-order valence-corrected chi connectivity index (χ3v) is 3.92. The van der Waals surface area contributed by atoms with Crippen molar-refractivity contribution < 1.29 is 4.74 Å². The molecular weight excluding hydrogens is 262 g/mol. The van der Waals surface area contributed by atoms with Gasteiger partial charge >= 0.3 is 0 Å². The Kier molecular flexibility index (Phi) is 3.52.